The van der Waals surface area contributed by atoms with Crippen LogP contribution in [0.3, 0.4) is 0 Å². The van der Waals surface area contributed by atoms with E-state index in [1.165, 1.54) is 12.8 Å². The van der Waals surface area contributed by atoms with E-state index in [1.54, 1.807) is 0 Å². The van der Waals surface area contributed by atoms with Crippen LogP contribution in [0.2, 0.25) is 0 Å². The molecule has 2 bridgehead atoms. The van der Waals surface area contributed by atoms with Crippen molar-refractivity contribution in [2.45, 2.75) is 25.7 Å². The molecule has 0 unspecified atom stereocenters. The van der Waals surface area contributed by atoms with Gasteiger partial charge in [-0.15, -0.1) is 0 Å². The summed E-state index contributed by atoms with van der Waals surface area (Å²) >= 11 is 0. The average molecular weight is 162 g/mol. The number of Topliss-reactive ketones (excluding diaryl/α,β-unsaturated/α-hetero) is 1. The highest BCUT2D eigenvalue weighted by atomic mass is 16.1. The summed E-state index contributed by atoms with van der Waals surface area (Å²) in [6.07, 6.45) is 9.23. The molecule has 2 fully saturated rings. The van der Waals surface area contributed by atoms with Gasteiger partial charge in [0.05, 0.1) is 0 Å². The first-order valence-corrected chi connectivity index (χ1v) is 5.07. The second-order valence-electron chi connectivity index (χ2n) is 4.50. The Morgan fingerprint density at radius 2 is 2.08 bits per heavy atom. The zero-order valence-electron chi connectivity index (χ0n) is 7.20. The lowest BCUT2D eigenvalue weighted by molar-refractivity contribution is -0.127. The molecule has 0 radical (unpaired) electrons. The molecule has 0 aromatic rings. The van der Waals surface area contributed by atoms with Crippen LogP contribution in [0.4, 0.5) is 0 Å². The lowest BCUT2D eigenvalue weighted by Crippen LogP contribution is -2.31. The van der Waals surface area contributed by atoms with Gasteiger partial charge in [-0.2, -0.15) is 0 Å². The predicted molar refractivity (Wildman–Crippen MR) is 46.6 cm³/mol. The second kappa shape index (κ2) is 2.21. The molecule has 0 amide bonds. The highest BCUT2D eigenvalue weighted by Gasteiger charge is 2.48. The van der Waals surface area contributed by atoms with Gasteiger partial charge in [0.15, 0.2) is 0 Å². The fourth-order valence-corrected chi connectivity index (χ4v) is 3.47. The van der Waals surface area contributed by atoms with Crippen LogP contribution in [-0.4, -0.2) is 5.78 Å². The van der Waals surface area contributed by atoms with Crippen LogP contribution in [0.15, 0.2) is 12.2 Å². The minimum atomic E-state index is 0.439. The van der Waals surface area contributed by atoms with E-state index in [0.717, 1.165) is 24.7 Å². The number of carbonyl (C=O) groups excluding carboxylic acids is 1. The quantitative estimate of drug-likeness (QED) is 0.499. The van der Waals surface area contributed by atoms with Crippen LogP contribution in [0.5, 0.6) is 0 Å². The van der Waals surface area contributed by atoms with E-state index in [-0.39, 0.29) is 0 Å². The van der Waals surface area contributed by atoms with E-state index in [4.69, 9.17) is 0 Å². The molecule has 3 aliphatic carbocycles. The van der Waals surface area contributed by atoms with Gasteiger partial charge in [-0.05, 0) is 37.0 Å². The van der Waals surface area contributed by atoms with E-state index < -0.39 is 0 Å². The largest absolute Gasteiger partial charge is 0.299 e. The van der Waals surface area contributed by atoms with Gasteiger partial charge in [0, 0.05) is 12.3 Å². The van der Waals surface area contributed by atoms with Gasteiger partial charge in [-0.25, -0.2) is 0 Å². The summed E-state index contributed by atoms with van der Waals surface area (Å²) in [5.74, 6) is 3.13. The minimum absolute atomic E-state index is 0.439. The Hall–Kier alpha value is -0.590. The van der Waals surface area contributed by atoms with E-state index in [2.05, 4.69) is 12.2 Å². The summed E-state index contributed by atoms with van der Waals surface area (Å²) in [6.45, 7) is 0. The minimum Gasteiger partial charge on any atom is -0.299 e. The highest BCUT2D eigenvalue weighted by molar-refractivity contribution is 5.83. The van der Waals surface area contributed by atoms with Crippen molar-refractivity contribution >= 4 is 5.78 Å². The van der Waals surface area contributed by atoms with E-state index in [9.17, 15) is 4.79 Å². The van der Waals surface area contributed by atoms with Crippen molar-refractivity contribution in [3.05, 3.63) is 12.2 Å². The maximum absolute atomic E-state index is 11.6. The van der Waals surface area contributed by atoms with Gasteiger partial charge in [-0.3, -0.25) is 4.79 Å². The molecule has 3 rings (SSSR count). The lowest BCUT2D eigenvalue weighted by atomic mass is 9.73. The number of hydrogen-bond acceptors (Lipinski definition) is 1. The van der Waals surface area contributed by atoms with Gasteiger partial charge in [-0.1, -0.05) is 12.2 Å². The molecular weight excluding hydrogens is 148 g/mol. The topological polar surface area (TPSA) is 17.1 Å². The molecule has 1 heteroatoms. The van der Waals surface area contributed by atoms with Gasteiger partial charge >= 0.3 is 0 Å². The van der Waals surface area contributed by atoms with Gasteiger partial charge in [0.25, 0.3) is 0 Å². The normalized spacial score (nSPS) is 49.8. The van der Waals surface area contributed by atoms with Crippen molar-refractivity contribution in [3.8, 4) is 0 Å². The Morgan fingerprint density at radius 3 is 2.92 bits per heavy atom. The molecule has 0 aromatic carbocycles. The molecule has 12 heavy (non-hydrogen) atoms. The van der Waals surface area contributed by atoms with Crippen molar-refractivity contribution in [3.63, 3.8) is 0 Å². The summed E-state index contributed by atoms with van der Waals surface area (Å²) in [6, 6.07) is 0. The molecule has 3 aliphatic rings. The molecular formula is C11H14O. The van der Waals surface area contributed by atoms with E-state index >= 15 is 0 Å². The number of fused-ring (bicyclic) bond motifs is 5. The van der Waals surface area contributed by atoms with Crippen LogP contribution in [0.25, 0.3) is 0 Å². The standard InChI is InChI=1S/C11H14O/c12-10-3-1-2-9-7-4-5-8(6-7)11(9)10/h4-5,7-9,11H,1-3,6H2/t7-,8-,9-,11-/m0/s1. The fraction of sp³-hybridized carbons (Fsp3) is 0.727. The predicted octanol–water partition coefficient (Wildman–Crippen LogP) is 2.18. The fourth-order valence-electron chi connectivity index (χ4n) is 3.47. The molecule has 0 spiro atoms. The maximum atomic E-state index is 11.6. The first kappa shape index (κ1) is 6.88. The molecule has 0 saturated heterocycles. The molecule has 0 aromatic heterocycles. The molecule has 64 valence electrons. The average Bonchev–Trinajstić information content (AvgIpc) is 2.64. The van der Waals surface area contributed by atoms with Crippen LogP contribution >= 0.6 is 0 Å². The SMILES string of the molecule is O=C1CCC[C@@H]2[C@@H]1[C@H]1C=C[C@H]2C1. The van der Waals surface area contributed by atoms with E-state index in [1.807, 2.05) is 0 Å². The molecule has 4 atom stereocenters. The van der Waals surface area contributed by atoms with Crippen molar-refractivity contribution < 1.29 is 4.79 Å². The first-order valence-electron chi connectivity index (χ1n) is 5.07. The first-order chi connectivity index (χ1) is 5.86. The molecule has 0 aliphatic heterocycles. The molecule has 2 saturated carbocycles. The summed E-state index contributed by atoms with van der Waals surface area (Å²) in [5.41, 5.74) is 0. The Kier molecular flexibility index (Phi) is 1.27. The summed E-state index contributed by atoms with van der Waals surface area (Å²) < 4.78 is 0. The van der Waals surface area contributed by atoms with Gasteiger partial charge < -0.3 is 0 Å². The van der Waals surface area contributed by atoms with Crippen LogP contribution in [-0.2, 0) is 4.79 Å². The Morgan fingerprint density at radius 1 is 1.25 bits per heavy atom. The van der Waals surface area contributed by atoms with Gasteiger partial charge in [0.1, 0.15) is 5.78 Å². The smallest absolute Gasteiger partial charge is 0.136 e. The third-order valence-corrected chi connectivity index (χ3v) is 3.95. The second-order valence-corrected chi connectivity index (χ2v) is 4.50. The lowest BCUT2D eigenvalue weighted by Gasteiger charge is -2.30. The van der Waals surface area contributed by atoms with Crippen LogP contribution in [0.1, 0.15) is 25.7 Å². The van der Waals surface area contributed by atoms with Crippen molar-refractivity contribution in [1.29, 1.82) is 0 Å². The Labute approximate surface area is 72.8 Å². The monoisotopic (exact) mass is 162 g/mol. The highest BCUT2D eigenvalue weighted by Crippen LogP contribution is 2.52. The van der Waals surface area contributed by atoms with Crippen LogP contribution < -0.4 is 0 Å². The number of allylic oxidation sites excluding steroid dienone is 2. The summed E-state index contributed by atoms with van der Waals surface area (Å²) in [5, 5.41) is 0. The van der Waals surface area contributed by atoms with Crippen molar-refractivity contribution in [2.75, 3.05) is 0 Å². The number of ketones is 1. The Balaban J connectivity index is 1.97. The maximum Gasteiger partial charge on any atom is 0.136 e. The van der Waals surface area contributed by atoms with Crippen LogP contribution in [0, 0.1) is 23.7 Å². The number of hydrogen-bond donors (Lipinski definition) is 0. The molecule has 0 N–H and O–H groups in total. The molecule has 1 nitrogen and oxygen atoms in total. The van der Waals surface area contributed by atoms with E-state index in [0.29, 0.717) is 17.6 Å². The third kappa shape index (κ3) is 0.720. The number of rotatable bonds is 0. The number of carbonyl (C=O) groups is 1. The Bertz CT molecular complexity index is 254. The summed E-state index contributed by atoms with van der Waals surface area (Å²) in [4.78, 5) is 11.6. The van der Waals surface area contributed by atoms with Crippen molar-refractivity contribution in [2.24, 2.45) is 23.7 Å². The van der Waals surface area contributed by atoms with Crippen molar-refractivity contribution in [1.82, 2.24) is 0 Å². The van der Waals surface area contributed by atoms with Gasteiger partial charge in [0.2, 0.25) is 0 Å². The summed E-state index contributed by atoms with van der Waals surface area (Å²) in [7, 11) is 0. The third-order valence-electron chi connectivity index (χ3n) is 3.95. The molecule has 0 heterocycles. The zero-order valence-corrected chi connectivity index (χ0v) is 7.20. The zero-order chi connectivity index (χ0) is 8.13.